The molecule has 2 atom stereocenters. The van der Waals surface area contributed by atoms with Crippen LogP contribution in [0.4, 0.5) is 5.82 Å². The second-order valence-corrected chi connectivity index (χ2v) is 7.54. The van der Waals surface area contributed by atoms with Crippen LogP contribution in [0.3, 0.4) is 0 Å². The minimum atomic E-state index is 0.469. The van der Waals surface area contributed by atoms with Gasteiger partial charge in [-0.3, -0.25) is 4.90 Å². The summed E-state index contributed by atoms with van der Waals surface area (Å²) in [6.07, 6.45) is 0. The highest BCUT2D eigenvalue weighted by Gasteiger charge is 2.28. The van der Waals surface area contributed by atoms with Gasteiger partial charge < -0.3 is 4.90 Å². The minimum absolute atomic E-state index is 0.469. The third kappa shape index (κ3) is 3.04. The van der Waals surface area contributed by atoms with Gasteiger partial charge in [-0.2, -0.15) is 0 Å². The first-order chi connectivity index (χ1) is 12.5. The fourth-order valence-electron chi connectivity index (χ4n) is 3.64. The van der Waals surface area contributed by atoms with Gasteiger partial charge in [-0.1, -0.05) is 35.9 Å². The number of benzene rings is 2. The van der Waals surface area contributed by atoms with Crippen molar-refractivity contribution in [3.8, 4) is 11.4 Å². The number of hydrogen-bond acceptors (Lipinski definition) is 4. The van der Waals surface area contributed by atoms with Crippen molar-refractivity contribution < 1.29 is 0 Å². The van der Waals surface area contributed by atoms with Crippen LogP contribution in [0.15, 0.2) is 48.5 Å². The molecule has 1 aromatic heterocycles. The third-order valence-corrected chi connectivity index (χ3v) is 5.69. The van der Waals surface area contributed by atoms with Crippen molar-refractivity contribution in [3.63, 3.8) is 0 Å². The molecule has 134 valence electrons. The van der Waals surface area contributed by atoms with E-state index in [-0.39, 0.29) is 0 Å². The molecule has 0 amide bonds. The third-order valence-electron chi connectivity index (χ3n) is 5.36. The summed E-state index contributed by atoms with van der Waals surface area (Å²) in [5.74, 6) is 1.68. The summed E-state index contributed by atoms with van der Waals surface area (Å²) in [4.78, 5) is 14.6. The number of halogens is 1. The molecule has 1 saturated heterocycles. The Labute approximate surface area is 159 Å². The lowest BCUT2D eigenvalue weighted by molar-refractivity contribution is 0.170. The zero-order chi connectivity index (χ0) is 18.3. The zero-order valence-electron chi connectivity index (χ0n) is 15.4. The molecule has 0 aliphatic carbocycles. The second kappa shape index (κ2) is 6.86. The molecule has 1 aliphatic heterocycles. The van der Waals surface area contributed by atoms with Crippen LogP contribution in [-0.4, -0.2) is 47.1 Å². The van der Waals surface area contributed by atoms with Gasteiger partial charge in [0, 0.05) is 36.1 Å². The number of nitrogens with zero attached hydrogens (tertiary/aromatic N) is 4. The lowest BCUT2D eigenvalue weighted by Gasteiger charge is -2.43. The van der Waals surface area contributed by atoms with Crippen molar-refractivity contribution >= 4 is 28.3 Å². The molecule has 4 rings (SSSR count). The van der Waals surface area contributed by atoms with Gasteiger partial charge in [-0.05, 0) is 45.2 Å². The van der Waals surface area contributed by atoms with Crippen molar-refractivity contribution in [3.05, 3.63) is 53.6 Å². The molecule has 2 aromatic carbocycles. The Morgan fingerprint density at radius 3 is 2.31 bits per heavy atom. The molecule has 1 aliphatic rings. The van der Waals surface area contributed by atoms with Crippen LogP contribution in [0.25, 0.3) is 22.3 Å². The van der Waals surface area contributed by atoms with E-state index in [1.54, 1.807) is 0 Å². The Hall–Kier alpha value is -2.17. The largest absolute Gasteiger partial charge is 0.353 e. The summed E-state index contributed by atoms with van der Waals surface area (Å²) >= 11 is 6.41. The van der Waals surface area contributed by atoms with E-state index < -0.39 is 0 Å². The molecule has 0 spiro atoms. The molecule has 26 heavy (non-hydrogen) atoms. The predicted octanol–water partition coefficient (Wildman–Crippen LogP) is 4.48. The van der Waals surface area contributed by atoms with Gasteiger partial charge in [0.2, 0.25) is 0 Å². The summed E-state index contributed by atoms with van der Waals surface area (Å²) in [7, 11) is 2.19. The summed E-state index contributed by atoms with van der Waals surface area (Å²) in [6.45, 7) is 6.43. The molecule has 0 bridgehead atoms. The highest BCUT2D eigenvalue weighted by Crippen LogP contribution is 2.32. The van der Waals surface area contributed by atoms with E-state index in [4.69, 9.17) is 21.6 Å². The van der Waals surface area contributed by atoms with Crippen LogP contribution >= 0.6 is 11.6 Å². The fraction of sp³-hybridized carbons (Fsp3) is 0.333. The van der Waals surface area contributed by atoms with E-state index >= 15 is 0 Å². The average Bonchev–Trinajstić information content (AvgIpc) is 2.65. The summed E-state index contributed by atoms with van der Waals surface area (Å²) in [6, 6.07) is 16.9. The van der Waals surface area contributed by atoms with Gasteiger partial charge in [-0.15, -0.1) is 0 Å². The highest BCUT2D eigenvalue weighted by molar-refractivity contribution is 6.33. The Bertz CT molecular complexity index is 930. The Morgan fingerprint density at radius 2 is 1.58 bits per heavy atom. The summed E-state index contributed by atoms with van der Waals surface area (Å²) in [5, 5.41) is 1.76. The quantitative estimate of drug-likeness (QED) is 0.669. The van der Waals surface area contributed by atoms with Crippen LogP contribution in [0.1, 0.15) is 13.8 Å². The molecule has 0 N–H and O–H groups in total. The number of aromatic nitrogens is 2. The van der Waals surface area contributed by atoms with Crippen LogP contribution < -0.4 is 4.90 Å². The smallest absolute Gasteiger partial charge is 0.163 e. The van der Waals surface area contributed by atoms with Crippen molar-refractivity contribution in [1.29, 1.82) is 0 Å². The first-order valence-electron chi connectivity index (χ1n) is 9.03. The molecule has 2 heterocycles. The van der Waals surface area contributed by atoms with Crippen LogP contribution in [0.5, 0.6) is 0 Å². The van der Waals surface area contributed by atoms with Gasteiger partial charge in [0.1, 0.15) is 5.82 Å². The SMILES string of the molecule is C[C@@H]1CN(c2nc(-c3ccccc3Cl)nc3ccccc23)C[C@H](C)N1C. The van der Waals surface area contributed by atoms with Gasteiger partial charge >= 0.3 is 0 Å². The molecule has 1 fully saturated rings. The second-order valence-electron chi connectivity index (χ2n) is 7.14. The van der Waals surface area contributed by atoms with Crippen molar-refractivity contribution in [2.45, 2.75) is 25.9 Å². The van der Waals surface area contributed by atoms with E-state index in [0.717, 1.165) is 35.4 Å². The van der Waals surface area contributed by atoms with Crippen LogP contribution in [-0.2, 0) is 0 Å². The van der Waals surface area contributed by atoms with E-state index in [2.05, 4.69) is 36.8 Å². The molecule has 0 saturated carbocycles. The van der Waals surface area contributed by atoms with E-state index in [1.807, 2.05) is 42.5 Å². The Morgan fingerprint density at radius 1 is 0.923 bits per heavy atom. The number of anilines is 1. The van der Waals surface area contributed by atoms with Crippen molar-refractivity contribution in [2.75, 3.05) is 25.0 Å². The number of piperazine rings is 1. The Kier molecular flexibility index (Phi) is 4.55. The zero-order valence-corrected chi connectivity index (χ0v) is 16.1. The first-order valence-corrected chi connectivity index (χ1v) is 9.41. The number of likely N-dealkylation sites (N-methyl/N-ethyl adjacent to an activating group) is 1. The monoisotopic (exact) mass is 366 g/mol. The number of rotatable bonds is 2. The Balaban J connectivity index is 1.87. The van der Waals surface area contributed by atoms with Crippen molar-refractivity contribution in [2.24, 2.45) is 0 Å². The van der Waals surface area contributed by atoms with Crippen LogP contribution in [0, 0.1) is 0 Å². The van der Waals surface area contributed by atoms with Gasteiger partial charge in [-0.25, -0.2) is 9.97 Å². The van der Waals surface area contributed by atoms with Gasteiger partial charge in [0.05, 0.1) is 10.5 Å². The average molecular weight is 367 g/mol. The summed E-state index contributed by atoms with van der Waals surface area (Å²) in [5.41, 5.74) is 1.82. The van der Waals surface area contributed by atoms with E-state index in [0.29, 0.717) is 22.9 Å². The maximum atomic E-state index is 6.41. The normalized spacial score (nSPS) is 21.3. The lowest BCUT2D eigenvalue weighted by atomic mass is 10.1. The molecule has 0 radical (unpaired) electrons. The molecular weight excluding hydrogens is 344 g/mol. The maximum absolute atomic E-state index is 6.41. The van der Waals surface area contributed by atoms with E-state index in [1.165, 1.54) is 0 Å². The summed E-state index contributed by atoms with van der Waals surface area (Å²) < 4.78 is 0. The lowest BCUT2D eigenvalue weighted by Crippen LogP contribution is -2.55. The molecule has 3 aromatic rings. The van der Waals surface area contributed by atoms with Crippen molar-refractivity contribution in [1.82, 2.24) is 14.9 Å². The number of fused-ring (bicyclic) bond motifs is 1. The van der Waals surface area contributed by atoms with E-state index in [9.17, 15) is 0 Å². The van der Waals surface area contributed by atoms with Gasteiger partial charge in [0.25, 0.3) is 0 Å². The number of para-hydroxylation sites is 1. The predicted molar refractivity (Wildman–Crippen MR) is 109 cm³/mol. The van der Waals surface area contributed by atoms with Crippen LogP contribution in [0.2, 0.25) is 5.02 Å². The highest BCUT2D eigenvalue weighted by atomic mass is 35.5. The molecule has 5 heteroatoms. The number of hydrogen-bond donors (Lipinski definition) is 0. The minimum Gasteiger partial charge on any atom is -0.353 e. The molecular formula is C21H23ClN4. The molecule has 4 nitrogen and oxygen atoms in total. The standard InChI is InChI=1S/C21H23ClN4/c1-14-12-26(13-15(2)25(14)3)21-17-9-5-7-11-19(17)23-20(24-21)16-8-4-6-10-18(16)22/h4-11,14-15H,12-13H2,1-3H3/t14-,15+. The fourth-order valence-corrected chi connectivity index (χ4v) is 3.86. The van der Waals surface area contributed by atoms with Gasteiger partial charge in [0.15, 0.2) is 5.82 Å². The maximum Gasteiger partial charge on any atom is 0.163 e. The first kappa shape index (κ1) is 17.3. The topological polar surface area (TPSA) is 32.3 Å². The molecule has 0 unspecified atom stereocenters.